The molecule has 124 valence electrons. The van der Waals surface area contributed by atoms with E-state index < -0.39 is 0 Å². The molecule has 3 aromatic carbocycles. The Labute approximate surface area is 152 Å². The van der Waals surface area contributed by atoms with E-state index in [0.29, 0.717) is 0 Å². The molecule has 1 heterocycles. The number of allylic oxidation sites excluding steroid dienone is 1. The Hall–Kier alpha value is -2.52. The first-order valence-corrected chi connectivity index (χ1v) is 9.19. The van der Waals surface area contributed by atoms with Crippen LogP contribution in [0.3, 0.4) is 0 Å². The Morgan fingerprint density at radius 3 is 2.64 bits per heavy atom. The van der Waals surface area contributed by atoms with Gasteiger partial charge in [-0.15, -0.1) is 0 Å². The van der Waals surface area contributed by atoms with Gasteiger partial charge in [0.1, 0.15) is 0 Å². The average Bonchev–Trinajstić information content (AvgIpc) is 2.96. The van der Waals surface area contributed by atoms with Crippen molar-refractivity contribution in [2.24, 2.45) is 0 Å². The summed E-state index contributed by atoms with van der Waals surface area (Å²) in [6, 6.07) is 20.7. The summed E-state index contributed by atoms with van der Waals surface area (Å²) in [6.45, 7) is 1.63. The van der Waals surface area contributed by atoms with Gasteiger partial charge >= 0.3 is 0 Å². The van der Waals surface area contributed by atoms with Crippen molar-refractivity contribution in [3.05, 3.63) is 82.9 Å². The minimum Gasteiger partial charge on any atom is -0.338 e. The van der Waals surface area contributed by atoms with Crippen LogP contribution < -0.4 is 4.90 Å². The molecule has 2 nitrogen and oxygen atoms in total. The summed E-state index contributed by atoms with van der Waals surface area (Å²) >= 11 is 1.79. The third-order valence-electron chi connectivity index (χ3n) is 4.64. The van der Waals surface area contributed by atoms with E-state index in [1.54, 1.807) is 18.7 Å². The lowest BCUT2D eigenvalue weighted by Crippen LogP contribution is -2.10. The van der Waals surface area contributed by atoms with Gasteiger partial charge in [-0.3, -0.25) is 4.79 Å². The van der Waals surface area contributed by atoms with E-state index in [0.717, 1.165) is 17.5 Å². The molecule has 0 unspecified atom stereocenters. The highest BCUT2D eigenvalue weighted by Crippen LogP contribution is 2.48. The first-order valence-electron chi connectivity index (χ1n) is 8.37. The predicted octanol–water partition coefficient (Wildman–Crippen LogP) is 5.67. The zero-order valence-corrected chi connectivity index (χ0v) is 15.1. The van der Waals surface area contributed by atoms with Gasteiger partial charge in [-0.2, -0.15) is 0 Å². The summed E-state index contributed by atoms with van der Waals surface area (Å²) in [5, 5.41) is 3.75. The highest BCUT2D eigenvalue weighted by molar-refractivity contribution is 8.03. The molecular formula is C22H19NOS. The third kappa shape index (κ3) is 2.85. The number of thioether (sulfide) groups is 1. The Balaban J connectivity index is 1.68. The van der Waals surface area contributed by atoms with E-state index in [1.165, 1.54) is 26.4 Å². The Morgan fingerprint density at radius 1 is 1.04 bits per heavy atom. The number of fused-ring (bicyclic) bond motifs is 3. The van der Waals surface area contributed by atoms with Gasteiger partial charge in [-0.25, -0.2) is 0 Å². The molecular weight excluding hydrogens is 326 g/mol. The summed E-state index contributed by atoms with van der Waals surface area (Å²) in [5.41, 5.74) is 3.17. The molecule has 0 spiro atoms. The zero-order chi connectivity index (χ0) is 17.4. The number of hydrogen-bond donors (Lipinski definition) is 0. The third-order valence-corrected chi connectivity index (χ3v) is 5.84. The van der Waals surface area contributed by atoms with E-state index >= 15 is 0 Å². The van der Waals surface area contributed by atoms with Gasteiger partial charge in [-0.1, -0.05) is 66.4 Å². The van der Waals surface area contributed by atoms with Gasteiger partial charge in [-0.05, 0) is 36.4 Å². The average molecular weight is 345 g/mol. The normalized spacial score (nSPS) is 15.0. The van der Waals surface area contributed by atoms with Crippen molar-refractivity contribution in [2.75, 3.05) is 11.9 Å². The van der Waals surface area contributed by atoms with Crippen LogP contribution in [-0.4, -0.2) is 12.8 Å². The van der Waals surface area contributed by atoms with Gasteiger partial charge in [0.25, 0.3) is 0 Å². The predicted molar refractivity (Wildman–Crippen MR) is 106 cm³/mol. The van der Waals surface area contributed by atoms with Crippen molar-refractivity contribution in [1.82, 2.24) is 0 Å². The van der Waals surface area contributed by atoms with Crippen LogP contribution in [0.25, 0.3) is 10.8 Å². The highest BCUT2D eigenvalue weighted by Gasteiger charge is 2.23. The standard InChI is InChI=1S/C22H19NOS/c1-15(24)18-9-5-3-7-16(18)12-14-21-23(2)22-19-10-6-4-8-17(19)11-13-20(22)25-21/h3-11,13-14H,12H2,1-2H3/b21-14+. The summed E-state index contributed by atoms with van der Waals surface area (Å²) < 4.78 is 0. The molecule has 3 heteroatoms. The molecule has 0 saturated carbocycles. The van der Waals surface area contributed by atoms with Crippen molar-refractivity contribution in [2.45, 2.75) is 18.2 Å². The molecule has 3 aromatic rings. The van der Waals surface area contributed by atoms with Crippen LogP contribution in [0.2, 0.25) is 0 Å². The van der Waals surface area contributed by atoms with Crippen molar-refractivity contribution in [3.63, 3.8) is 0 Å². The summed E-state index contributed by atoms with van der Waals surface area (Å²) in [4.78, 5) is 15.4. The SMILES string of the molecule is CC(=O)c1ccccc1C/C=C1/Sc2ccc3ccccc3c2N1C. The maximum absolute atomic E-state index is 11.8. The number of nitrogens with zero attached hydrogens (tertiary/aromatic N) is 1. The minimum atomic E-state index is 0.121. The Kier molecular flexibility index (Phi) is 4.10. The van der Waals surface area contributed by atoms with Gasteiger partial charge in [0.2, 0.25) is 0 Å². The number of ketones is 1. The molecule has 0 amide bonds. The molecule has 0 radical (unpaired) electrons. The molecule has 0 fully saturated rings. The van der Waals surface area contributed by atoms with Crippen LogP contribution in [0, 0.1) is 0 Å². The maximum atomic E-state index is 11.8. The van der Waals surface area contributed by atoms with Crippen LogP contribution >= 0.6 is 11.8 Å². The molecule has 1 aliphatic rings. The number of Topliss-reactive ketones (excluding diaryl/α,β-unsaturated/α-hetero) is 1. The summed E-state index contributed by atoms with van der Waals surface area (Å²) in [6.07, 6.45) is 2.98. The number of benzene rings is 3. The van der Waals surface area contributed by atoms with E-state index in [9.17, 15) is 4.79 Å². The number of anilines is 1. The van der Waals surface area contributed by atoms with Gasteiger partial charge in [0, 0.05) is 22.9 Å². The van der Waals surface area contributed by atoms with Crippen LogP contribution in [-0.2, 0) is 6.42 Å². The van der Waals surface area contributed by atoms with Crippen molar-refractivity contribution >= 4 is 34.0 Å². The quantitative estimate of drug-likeness (QED) is 0.571. The molecule has 0 bridgehead atoms. The highest BCUT2D eigenvalue weighted by atomic mass is 32.2. The molecule has 0 aromatic heterocycles. The maximum Gasteiger partial charge on any atom is 0.160 e. The summed E-state index contributed by atoms with van der Waals surface area (Å²) in [7, 11) is 2.12. The fourth-order valence-electron chi connectivity index (χ4n) is 3.37. The zero-order valence-electron chi connectivity index (χ0n) is 14.3. The number of rotatable bonds is 3. The second-order valence-electron chi connectivity index (χ2n) is 6.25. The fraction of sp³-hybridized carbons (Fsp3) is 0.136. The van der Waals surface area contributed by atoms with E-state index in [4.69, 9.17) is 0 Å². The second kappa shape index (κ2) is 6.41. The van der Waals surface area contributed by atoms with Crippen molar-refractivity contribution in [1.29, 1.82) is 0 Å². The number of carbonyl (C=O) groups excluding carboxylic acids is 1. The first-order chi connectivity index (χ1) is 12.1. The van der Waals surface area contributed by atoms with Gasteiger partial charge < -0.3 is 4.90 Å². The smallest absolute Gasteiger partial charge is 0.160 e. The van der Waals surface area contributed by atoms with E-state index in [2.05, 4.69) is 54.4 Å². The molecule has 0 atom stereocenters. The van der Waals surface area contributed by atoms with Crippen LogP contribution in [0.15, 0.2) is 76.7 Å². The largest absolute Gasteiger partial charge is 0.338 e. The van der Waals surface area contributed by atoms with Crippen molar-refractivity contribution < 1.29 is 4.79 Å². The molecule has 0 N–H and O–H groups in total. The Morgan fingerprint density at radius 2 is 1.80 bits per heavy atom. The molecule has 25 heavy (non-hydrogen) atoms. The van der Waals surface area contributed by atoms with Gasteiger partial charge in [0.05, 0.1) is 10.7 Å². The topological polar surface area (TPSA) is 20.3 Å². The minimum absolute atomic E-state index is 0.121. The van der Waals surface area contributed by atoms with Gasteiger partial charge in [0.15, 0.2) is 5.78 Å². The lowest BCUT2D eigenvalue weighted by Gasteiger charge is -2.16. The van der Waals surface area contributed by atoms with Crippen LogP contribution in [0.5, 0.6) is 0 Å². The molecule has 0 aliphatic carbocycles. The Bertz CT molecular complexity index is 1010. The number of hydrogen-bond acceptors (Lipinski definition) is 3. The van der Waals surface area contributed by atoms with Crippen molar-refractivity contribution in [3.8, 4) is 0 Å². The number of carbonyl (C=O) groups is 1. The molecule has 4 rings (SSSR count). The van der Waals surface area contributed by atoms with Crippen LogP contribution in [0.1, 0.15) is 22.8 Å². The molecule has 1 aliphatic heterocycles. The first kappa shape index (κ1) is 16.0. The summed E-state index contributed by atoms with van der Waals surface area (Å²) in [5.74, 6) is 0.121. The molecule has 0 saturated heterocycles. The van der Waals surface area contributed by atoms with Crippen LogP contribution in [0.4, 0.5) is 5.69 Å². The second-order valence-corrected chi connectivity index (χ2v) is 7.32. The van der Waals surface area contributed by atoms with E-state index in [1.807, 2.05) is 24.3 Å². The fourth-order valence-corrected chi connectivity index (χ4v) is 4.47. The lowest BCUT2D eigenvalue weighted by molar-refractivity contribution is 0.101. The lowest BCUT2D eigenvalue weighted by atomic mass is 10.0. The monoisotopic (exact) mass is 345 g/mol. The van der Waals surface area contributed by atoms with E-state index in [-0.39, 0.29) is 5.78 Å².